The van der Waals surface area contributed by atoms with Crippen LogP contribution in [0.25, 0.3) is 0 Å². The van der Waals surface area contributed by atoms with Gasteiger partial charge in [-0.3, -0.25) is 86.9 Å². The van der Waals surface area contributed by atoms with Crippen molar-refractivity contribution in [1.29, 1.82) is 0 Å². The first-order valence-electron chi connectivity index (χ1n) is 38.7. The predicted molar refractivity (Wildman–Crippen MR) is 390 cm³/mol. The zero-order valence-electron chi connectivity index (χ0n) is 67.8. The fraction of sp³-hybridized carbons (Fsp3) is 0.658. The van der Waals surface area contributed by atoms with E-state index in [0.717, 1.165) is 100 Å². The quantitative estimate of drug-likeness (QED) is 0.0439. The molecule has 0 aromatic rings. The van der Waals surface area contributed by atoms with Crippen molar-refractivity contribution in [3.05, 3.63) is 86.3 Å². The summed E-state index contributed by atoms with van der Waals surface area (Å²) in [6.07, 6.45) is 2.73. The number of aldehydes is 1. The molecule has 0 aromatic carbocycles. The largest absolute Gasteiger partial charge is 0.393 e. The van der Waals surface area contributed by atoms with E-state index in [9.17, 15) is 135 Å². The summed E-state index contributed by atoms with van der Waals surface area (Å²) in [5, 5.41) is 37.3. The van der Waals surface area contributed by atoms with Gasteiger partial charge in [-0.1, -0.05) is 89.2 Å². The molecule has 0 aliphatic carbocycles. The summed E-state index contributed by atoms with van der Waals surface area (Å²) < 4.78 is 205. The predicted octanol–water partition coefficient (Wildman–Crippen LogP) is 7.82. The number of rotatable bonds is 18. The third kappa shape index (κ3) is 18.0. The Bertz CT molecular complexity index is 3720. The van der Waals surface area contributed by atoms with Gasteiger partial charge >= 0.3 is 0 Å². The average molecular weight is 1730 g/mol. The number of halogens is 12. The van der Waals surface area contributed by atoms with Crippen molar-refractivity contribution in [2.24, 2.45) is 35.5 Å². The van der Waals surface area contributed by atoms with E-state index in [1.807, 2.05) is 0 Å². The van der Waals surface area contributed by atoms with Gasteiger partial charge < -0.3 is 53.6 Å². The molecule has 668 valence electrons. The monoisotopic (exact) mass is 1730 g/mol. The Hall–Kier alpha value is -8.55. The summed E-state index contributed by atoms with van der Waals surface area (Å²) in [6, 6.07) is 0. The van der Waals surface area contributed by atoms with Crippen LogP contribution < -0.4 is 0 Å². The van der Waals surface area contributed by atoms with Crippen LogP contribution in [0, 0.1) is 35.5 Å². The summed E-state index contributed by atoms with van der Waals surface area (Å²) in [5.41, 5.74) is -8.34. The Balaban J connectivity index is 0.000000198. The number of aliphatic hydroxyl groups is 4. The van der Waals surface area contributed by atoms with E-state index >= 15 is 0 Å². The van der Waals surface area contributed by atoms with E-state index in [2.05, 4.69) is 6.58 Å². The zero-order chi connectivity index (χ0) is 90.8. The van der Waals surface area contributed by atoms with Gasteiger partial charge in [0.1, 0.15) is 22.4 Å². The van der Waals surface area contributed by atoms with Gasteiger partial charge in [0, 0.05) is 37.2 Å². The van der Waals surface area contributed by atoms with Gasteiger partial charge in [0.25, 0.3) is 35.5 Å². The van der Waals surface area contributed by atoms with Crippen LogP contribution in [-0.4, -0.2) is 259 Å². The number of aliphatic hydroxyl groups excluding tert-OH is 4. The number of ketones is 6. The first kappa shape index (κ1) is 98.6. The van der Waals surface area contributed by atoms with E-state index in [0.29, 0.717) is 35.3 Å². The average Bonchev–Trinajstić information content (AvgIpc) is 1.62. The standard InChI is InChI=1S/C14H19F2NO3.C14H17F2NO3.2C13H17F2NO4.C13H15F2NO4.C12H15F2NO5/c2*1-4-13(5-2)9(3)14(15,16)12(20-13)17-7-6-10(18)8-11(17)19;3*1-3-12(7-17)8(2)13(14,15)11(20-12)16-5-4-9(18)6-10(16)19;1-7-11(5-16,6-17)20-10(12(7,13)14)15-3-2-8(18)4-9(15)19/h6-7,9,12H,4-5,8H2,1-3H3;4,6-7,9,12H,1,5,8H2,2-3H3;2*4-5,8,11,17H,3,6-7H2,1-2H3;4-5,7-8,11H,3,6H2,1-2H3;2-3,7,10,16-17H,4-6H2,1H3/t9-,12-;9-,12-,13-;8-,11-,12+;8-,11-,12-;8-,11-,12+;7-,10-/m111111/s1. The normalized spacial score (nSPS) is 35.1. The molecule has 0 spiro atoms. The highest BCUT2D eigenvalue weighted by Gasteiger charge is 2.71. The van der Waals surface area contributed by atoms with Gasteiger partial charge in [-0.05, 0) is 75.0 Å². The maximum Gasteiger partial charge on any atom is 0.298 e. The van der Waals surface area contributed by atoms with Crippen molar-refractivity contribution in [3.8, 4) is 0 Å². The molecule has 41 heteroatoms. The summed E-state index contributed by atoms with van der Waals surface area (Å²) in [7, 11) is 0. The number of allylic oxidation sites excluding steroid dienone is 6. The summed E-state index contributed by atoms with van der Waals surface area (Å²) in [6.45, 7) is 18.8. The minimum Gasteiger partial charge on any atom is -0.393 e. The topological polar surface area (TPSA) is 378 Å². The lowest BCUT2D eigenvalue weighted by atomic mass is 9.82. The number of amides is 6. The van der Waals surface area contributed by atoms with E-state index in [1.165, 1.54) is 40.7 Å². The molecule has 0 unspecified atom stereocenters. The number of carbonyl (C=O) groups excluding carboxylic acids is 13. The summed E-state index contributed by atoms with van der Waals surface area (Å²) in [5.74, 6) is -34.1. The van der Waals surface area contributed by atoms with Gasteiger partial charge in [-0.25, -0.2) is 52.7 Å². The lowest BCUT2D eigenvalue weighted by Crippen LogP contribution is -2.48. The second kappa shape index (κ2) is 36.9. The zero-order valence-corrected chi connectivity index (χ0v) is 67.8. The van der Waals surface area contributed by atoms with Crippen molar-refractivity contribution >= 4 is 76.4 Å². The molecule has 6 amide bonds. The van der Waals surface area contributed by atoms with Crippen LogP contribution in [0.3, 0.4) is 0 Å². The van der Waals surface area contributed by atoms with Gasteiger partial charge in [0.15, 0.2) is 41.0 Å². The molecule has 16 atom stereocenters. The summed E-state index contributed by atoms with van der Waals surface area (Å²) in [4.78, 5) is 153. The van der Waals surface area contributed by atoms with Crippen LogP contribution in [-0.2, 0) is 90.8 Å². The SMILES string of the molecule is C=C[C@]1(CC)O[C@@H](N2C=CC(=O)CC2=O)C(F)(F)[C@@H]1C.CCC1(CC)O[C@@H](N2C=CC(=O)CC2=O)C(F)(F)[C@@H]1C.CC[C@@]1(C=O)O[C@@H](N2C=CC(=O)CC2=O)C(F)(F)[C@@H]1C.CC[C@@]1(CO)O[C@@H](N2C=CC(=O)CC2=O)C(F)(F)[C@@H]1C.CC[C@]1(CO)O[C@@H](N2C=CC(=O)CC2=O)C(F)(F)[C@@H]1C.C[C@@H]1C(CO)(CO)O[C@@H](N2C=CC(=O)CC2=O)C1(F)F. The van der Waals surface area contributed by atoms with Crippen LogP contribution in [0.4, 0.5) is 52.7 Å². The molecular weight excluding hydrogens is 1630 g/mol. The molecule has 12 rings (SSSR count). The number of carbonyl (C=O) groups is 13. The smallest absolute Gasteiger partial charge is 0.298 e. The molecule has 6 fully saturated rings. The van der Waals surface area contributed by atoms with E-state index in [-0.39, 0.29) is 31.5 Å². The first-order valence-corrected chi connectivity index (χ1v) is 38.7. The molecule has 12 aliphatic rings. The van der Waals surface area contributed by atoms with Crippen LogP contribution in [0.15, 0.2) is 86.3 Å². The first-order chi connectivity index (χ1) is 55.7. The summed E-state index contributed by atoms with van der Waals surface area (Å²) >= 11 is 0. The van der Waals surface area contributed by atoms with Crippen molar-refractivity contribution in [1.82, 2.24) is 29.4 Å². The highest BCUT2D eigenvalue weighted by molar-refractivity contribution is 6.09. The molecule has 0 bridgehead atoms. The number of alkyl halides is 12. The van der Waals surface area contributed by atoms with Crippen molar-refractivity contribution in [3.63, 3.8) is 0 Å². The van der Waals surface area contributed by atoms with Crippen LogP contribution in [0.2, 0.25) is 0 Å². The van der Waals surface area contributed by atoms with E-state index in [4.69, 9.17) is 28.4 Å². The van der Waals surface area contributed by atoms with Gasteiger partial charge in [0.2, 0.25) is 72.8 Å². The van der Waals surface area contributed by atoms with Crippen LogP contribution in [0.1, 0.15) is 160 Å². The molecule has 12 aliphatic heterocycles. The molecule has 12 heterocycles. The van der Waals surface area contributed by atoms with Gasteiger partial charge in [-0.15, -0.1) is 6.58 Å². The fourth-order valence-electron chi connectivity index (χ4n) is 15.8. The number of ether oxygens (including phenoxy) is 6. The minimum absolute atomic E-state index is 0.0778. The van der Waals surface area contributed by atoms with Crippen molar-refractivity contribution in [2.75, 3.05) is 26.4 Å². The maximum atomic E-state index is 14.5. The lowest BCUT2D eigenvalue weighted by Gasteiger charge is -2.32. The fourth-order valence-corrected chi connectivity index (χ4v) is 15.8. The Morgan fingerprint density at radius 1 is 0.308 bits per heavy atom. The second-order valence-electron chi connectivity index (χ2n) is 31.0. The van der Waals surface area contributed by atoms with Crippen molar-refractivity contribution < 1.29 is 164 Å². The maximum absolute atomic E-state index is 14.5. The van der Waals surface area contributed by atoms with Crippen molar-refractivity contribution in [2.45, 2.75) is 267 Å². The molecule has 120 heavy (non-hydrogen) atoms. The molecular formula is C79H100F12N6O23. The third-order valence-corrected chi connectivity index (χ3v) is 24.9. The molecule has 0 saturated carbocycles. The Morgan fingerprint density at radius 3 is 0.650 bits per heavy atom. The van der Waals surface area contributed by atoms with Gasteiger partial charge in [-0.2, -0.15) is 0 Å². The van der Waals surface area contributed by atoms with E-state index in [1.54, 1.807) is 41.5 Å². The third-order valence-electron chi connectivity index (χ3n) is 24.9. The number of hydrogen-bond donors (Lipinski definition) is 4. The highest BCUT2D eigenvalue weighted by atomic mass is 19.3. The lowest BCUT2D eigenvalue weighted by molar-refractivity contribution is -0.181. The Labute approximate surface area is 682 Å². The van der Waals surface area contributed by atoms with Crippen LogP contribution in [0.5, 0.6) is 0 Å². The molecule has 6 saturated heterocycles. The molecule has 29 nitrogen and oxygen atoms in total. The number of hydrogen-bond acceptors (Lipinski definition) is 23. The minimum atomic E-state index is -3.47. The molecule has 4 N–H and O–H groups in total. The Morgan fingerprint density at radius 2 is 0.492 bits per heavy atom. The van der Waals surface area contributed by atoms with Gasteiger partial charge in [0.05, 0.1) is 112 Å². The molecule has 0 aromatic heterocycles. The number of nitrogens with zero attached hydrogens (tertiary/aromatic N) is 6. The highest BCUT2D eigenvalue weighted by Crippen LogP contribution is 2.56. The van der Waals surface area contributed by atoms with Crippen LogP contribution >= 0.6 is 0 Å². The second-order valence-corrected chi connectivity index (χ2v) is 31.0. The van der Waals surface area contributed by atoms with E-state index < -0.39 is 265 Å². The molecule has 0 radical (unpaired) electrons. The Kier molecular flexibility index (Phi) is 30.3.